The van der Waals surface area contributed by atoms with Crippen LogP contribution >= 0.6 is 0 Å². The zero-order chi connectivity index (χ0) is 23.1. The Bertz CT molecular complexity index is 1110. The normalized spacial score (nSPS) is 23.2. The fourth-order valence-electron chi connectivity index (χ4n) is 4.64. The zero-order valence-electron chi connectivity index (χ0n) is 18.8. The van der Waals surface area contributed by atoms with Crippen LogP contribution in [0.2, 0.25) is 0 Å². The van der Waals surface area contributed by atoms with Crippen molar-refractivity contribution in [1.82, 2.24) is 9.80 Å². The van der Waals surface area contributed by atoms with Crippen molar-refractivity contribution in [2.45, 2.75) is 32.4 Å². The maximum atomic E-state index is 13.1. The molecule has 0 aromatic heterocycles. The molecule has 172 valence electrons. The summed E-state index contributed by atoms with van der Waals surface area (Å²) in [5.74, 6) is 0.725. The van der Waals surface area contributed by atoms with Gasteiger partial charge in [0.05, 0.1) is 18.2 Å². The van der Waals surface area contributed by atoms with Gasteiger partial charge in [-0.3, -0.25) is 19.3 Å². The fourth-order valence-corrected chi connectivity index (χ4v) is 4.64. The number of carbonyl (C=O) groups is 3. The van der Waals surface area contributed by atoms with Crippen LogP contribution in [0.5, 0.6) is 11.5 Å². The van der Waals surface area contributed by atoms with Crippen LogP contribution in [0.1, 0.15) is 17.5 Å². The first-order valence-corrected chi connectivity index (χ1v) is 11.3. The maximum absolute atomic E-state index is 13.1. The highest BCUT2D eigenvalue weighted by atomic mass is 16.6. The molecule has 2 saturated heterocycles. The van der Waals surface area contributed by atoms with Crippen LogP contribution in [0, 0.1) is 13.8 Å². The van der Waals surface area contributed by atoms with E-state index < -0.39 is 12.1 Å². The van der Waals surface area contributed by atoms with E-state index in [2.05, 4.69) is 0 Å². The molecule has 2 aromatic rings. The van der Waals surface area contributed by atoms with Crippen molar-refractivity contribution in [2.24, 2.45) is 0 Å². The number of hydrogen-bond acceptors (Lipinski definition) is 6. The van der Waals surface area contributed by atoms with E-state index in [-0.39, 0.29) is 30.7 Å². The topological polar surface area (TPSA) is 79.4 Å². The molecule has 8 nitrogen and oxygen atoms in total. The van der Waals surface area contributed by atoms with Gasteiger partial charge in [0, 0.05) is 26.2 Å². The van der Waals surface area contributed by atoms with E-state index in [1.165, 1.54) is 4.90 Å². The number of piperazine rings is 1. The summed E-state index contributed by atoms with van der Waals surface area (Å²) in [6.45, 7) is 6.15. The lowest BCUT2D eigenvalue weighted by atomic mass is 10.1. The lowest BCUT2D eigenvalue weighted by molar-refractivity contribution is -0.143. The minimum atomic E-state index is -0.679. The van der Waals surface area contributed by atoms with E-state index in [1.54, 1.807) is 11.0 Å². The minimum absolute atomic E-state index is 0.116. The summed E-state index contributed by atoms with van der Waals surface area (Å²) in [6, 6.07) is 12.5. The van der Waals surface area contributed by atoms with E-state index in [9.17, 15) is 14.4 Å². The number of aryl methyl sites for hydroxylation is 2. The molecule has 33 heavy (non-hydrogen) atoms. The summed E-state index contributed by atoms with van der Waals surface area (Å²) in [5.41, 5.74) is 2.78. The number of nitrogens with zero attached hydrogens (tertiary/aromatic N) is 3. The first-order chi connectivity index (χ1) is 15.9. The molecule has 3 aliphatic rings. The van der Waals surface area contributed by atoms with Crippen molar-refractivity contribution in [3.8, 4) is 11.5 Å². The molecule has 3 aliphatic heterocycles. The first kappa shape index (κ1) is 21.5. The highest BCUT2D eigenvalue weighted by Crippen LogP contribution is 2.32. The lowest BCUT2D eigenvalue weighted by Crippen LogP contribution is -2.57. The highest BCUT2D eigenvalue weighted by Gasteiger charge is 2.44. The van der Waals surface area contributed by atoms with E-state index in [1.807, 2.05) is 55.1 Å². The second kappa shape index (κ2) is 8.51. The molecule has 0 spiro atoms. The molecular formula is C25H27N3O5. The van der Waals surface area contributed by atoms with E-state index in [0.717, 1.165) is 11.1 Å². The number of anilines is 1. The summed E-state index contributed by atoms with van der Waals surface area (Å²) in [7, 11) is 0. The van der Waals surface area contributed by atoms with E-state index in [4.69, 9.17) is 9.47 Å². The number of amides is 3. The Balaban J connectivity index is 1.21. The maximum Gasteiger partial charge on any atom is 0.267 e. The van der Waals surface area contributed by atoms with Gasteiger partial charge >= 0.3 is 0 Å². The summed E-state index contributed by atoms with van der Waals surface area (Å²) in [4.78, 5) is 43.9. The zero-order valence-corrected chi connectivity index (χ0v) is 18.8. The average Bonchev–Trinajstić information content (AvgIpc) is 3.14. The monoisotopic (exact) mass is 449 g/mol. The number of carbonyl (C=O) groups excluding carboxylic acids is 3. The van der Waals surface area contributed by atoms with E-state index >= 15 is 0 Å². The lowest BCUT2D eigenvalue weighted by Gasteiger charge is -2.38. The fraction of sp³-hybridized carbons (Fsp3) is 0.400. The van der Waals surface area contributed by atoms with Gasteiger partial charge in [-0.05, 0) is 49.2 Å². The molecular weight excluding hydrogens is 422 g/mol. The Hall–Kier alpha value is -3.39. The third-order valence-corrected chi connectivity index (χ3v) is 6.72. The Morgan fingerprint density at radius 3 is 2.39 bits per heavy atom. The van der Waals surface area contributed by atoms with Crippen molar-refractivity contribution >= 4 is 23.4 Å². The third-order valence-electron chi connectivity index (χ3n) is 6.72. The van der Waals surface area contributed by atoms with Gasteiger partial charge in [-0.25, -0.2) is 4.90 Å². The Labute approximate surface area is 192 Å². The highest BCUT2D eigenvalue weighted by molar-refractivity contribution is 6.22. The van der Waals surface area contributed by atoms with Crippen LogP contribution in [0.3, 0.4) is 0 Å². The van der Waals surface area contributed by atoms with Gasteiger partial charge in [-0.15, -0.1) is 0 Å². The van der Waals surface area contributed by atoms with Gasteiger partial charge in [-0.2, -0.15) is 0 Å². The van der Waals surface area contributed by atoms with Gasteiger partial charge in [0.1, 0.15) is 6.61 Å². The molecule has 2 aromatic carbocycles. The molecule has 2 atom stereocenters. The molecule has 0 unspecified atom stereocenters. The van der Waals surface area contributed by atoms with Gasteiger partial charge in [0.2, 0.25) is 12.0 Å². The predicted molar refractivity (Wildman–Crippen MR) is 121 cm³/mol. The molecule has 8 heteroatoms. The quantitative estimate of drug-likeness (QED) is 0.667. The van der Waals surface area contributed by atoms with Gasteiger partial charge < -0.3 is 14.4 Å². The standard InChI is InChI=1S/C25H27N3O5/c1-16-7-8-18(13-17(16)2)28-23(29)14-19(24(28)30)26-9-11-27(12-10-26)25(31)22-15-32-20-5-3-4-6-21(20)33-22/h3-8,13,19,22H,9-12,14-15H2,1-2H3/t19-,22+/m1/s1. The number of rotatable bonds is 3. The Morgan fingerprint density at radius 2 is 1.67 bits per heavy atom. The average molecular weight is 450 g/mol. The number of para-hydroxylation sites is 2. The largest absolute Gasteiger partial charge is 0.485 e. The van der Waals surface area contributed by atoms with Crippen LogP contribution in [-0.4, -0.2) is 72.5 Å². The number of fused-ring (bicyclic) bond motifs is 1. The van der Waals surface area contributed by atoms with E-state index in [0.29, 0.717) is 43.4 Å². The van der Waals surface area contributed by atoms with Crippen molar-refractivity contribution < 1.29 is 23.9 Å². The van der Waals surface area contributed by atoms with Crippen molar-refractivity contribution in [1.29, 1.82) is 0 Å². The number of ether oxygens (including phenoxy) is 2. The number of benzene rings is 2. The van der Waals surface area contributed by atoms with Crippen molar-refractivity contribution in [2.75, 3.05) is 37.7 Å². The molecule has 0 saturated carbocycles. The first-order valence-electron chi connectivity index (χ1n) is 11.3. The van der Waals surface area contributed by atoms with Gasteiger partial charge in [0.25, 0.3) is 11.8 Å². The Kier molecular flexibility index (Phi) is 5.54. The molecule has 3 amide bonds. The smallest absolute Gasteiger partial charge is 0.267 e. The summed E-state index contributed by atoms with van der Waals surface area (Å²) < 4.78 is 11.5. The van der Waals surface area contributed by atoms with Crippen LogP contribution < -0.4 is 14.4 Å². The molecule has 5 rings (SSSR count). The van der Waals surface area contributed by atoms with Crippen LogP contribution in [0.25, 0.3) is 0 Å². The molecule has 0 N–H and O–H groups in total. The minimum Gasteiger partial charge on any atom is -0.485 e. The number of hydrogen-bond donors (Lipinski definition) is 0. The molecule has 0 bridgehead atoms. The summed E-state index contributed by atoms with van der Waals surface area (Å²) in [5, 5.41) is 0. The van der Waals surface area contributed by atoms with Crippen molar-refractivity contribution in [3.63, 3.8) is 0 Å². The SMILES string of the molecule is Cc1ccc(N2C(=O)C[C@@H](N3CCN(C(=O)[C@@H]4COc5ccccc5O4)CC3)C2=O)cc1C. The summed E-state index contributed by atoms with van der Waals surface area (Å²) >= 11 is 0. The van der Waals surface area contributed by atoms with Crippen LogP contribution in [-0.2, 0) is 14.4 Å². The second-order valence-corrected chi connectivity index (χ2v) is 8.78. The van der Waals surface area contributed by atoms with Crippen molar-refractivity contribution in [3.05, 3.63) is 53.6 Å². The van der Waals surface area contributed by atoms with Gasteiger partial charge in [0.15, 0.2) is 11.5 Å². The van der Waals surface area contributed by atoms with Crippen LogP contribution in [0.4, 0.5) is 5.69 Å². The van der Waals surface area contributed by atoms with Gasteiger partial charge in [-0.1, -0.05) is 18.2 Å². The number of imide groups is 1. The molecule has 0 aliphatic carbocycles. The Morgan fingerprint density at radius 1 is 0.939 bits per heavy atom. The predicted octanol–water partition coefficient (Wildman–Crippen LogP) is 1.92. The third kappa shape index (κ3) is 3.95. The molecule has 0 radical (unpaired) electrons. The summed E-state index contributed by atoms with van der Waals surface area (Å²) in [6.07, 6.45) is -0.516. The second-order valence-electron chi connectivity index (χ2n) is 8.78. The van der Waals surface area contributed by atoms with Crippen LogP contribution in [0.15, 0.2) is 42.5 Å². The molecule has 2 fully saturated rings. The molecule has 3 heterocycles.